The average Bonchev–Trinajstić information content (AvgIpc) is 2.71. The Hall–Kier alpha value is -1.63. The van der Waals surface area contributed by atoms with Crippen molar-refractivity contribution in [2.45, 2.75) is 20.3 Å². The number of aromatic nitrogens is 2. The highest BCUT2D eigenvalue weighted by molar-refractivity contribution is 5.55. The average molecular weight is 242 g/mol. The van der Waals surface area contributed by atoms with Crippen molar-refractivity contribution in [3.63, 3.8) is 0 Å². The van der Waals surface area contributed by atoms with Crippen LogP contribution in [0.2, 0.25) is 0 Å². The number of nitro groups is 1. The summed E-state index contributed by atoms with van der Waals surface area (Å²) in [4.78, 5) is 10.1. The normalized spacial score (nSPS) is 10.8. The van der Waals surface area contributed by atoms with Gasteiger partial charge in [-0.3, -0.25) is 0 Å². The van der Waals surface area contributed by atoms with Crippen LogP contribution in [0.4, 0.5) is 11.5 Å². The molecule has 7 nitrogen and oxygen atoms in total. The van der Waals surface area contributed by atoms with Crippen molar-refractivity contribution in [1.82, 2.24) is 10.2 Å². The molecule has 0 bridgehead atoms. The van der Waals surface area contributed by atoms with E-state index in [0.29, 0.717) is 31.4 Å². The number of rotatable bonds is 8. The van der Waals surface area contributed by atoms with Crippen LogP contribution in [0.1, 0.15) is 20.3 Å². The maximum atomic E-state index is 10.6. The van der Waals surface area contributed by atoms with Crippen molar-refractivity contribution < 1.29 is 9.66 Å². The SMILES string of the molecule is CC(C)CCOCCNc1cn[nH]c1[N+](=O)[O-]. The summed E-state index contributed by atoms with van der Waals surface area (Å²) >= 11 is 0. The van der Waals surface area contributed by atoms with E-state index < -0.39 is 4.92 Å². The van der Waals surface area contributed by atoms with Crippen LogP contribution in [-0.4, -0.2) is 34.9 Å². The second-order valence-corrected chi connectivity index (χ2v) is 4.11. The highest BCUT2D eigenvalue weighted by atomic mass is 16.6. The molecular formula is C10H18N4O3. The van der Waals surface area contributed by atoms with Gasteiger partial charge in [0.1, 0.15) is 6.20 Å². The van der Waals surface area contributed by atoms with Gasteiger partial charge in [0.25, 0.3) is 0 Å². The number of nitrogens with one attached hydrogen (secondary N) is 2. The molecule has 0 atom stereocenters. The summed E-state index contributed by atoms with van der Waals surface area (Å²) in [5.74, 6) is 0.505. The van der Waals surface area contributed by atoms with E-state index in [2.05, 4.69) is 29.4 Å². The van der Waals surface area contributed by atoms with Crippen LogP contribution in [0.25, 0.3) is 0 Å². The standard InChI is InChI=1S/C10H18N4O3/c1-8(2)3-5-17-6-4-11-9-7-12-13-10(9)14(15)16/h7-8,11H,3-6H2,1-2H3,(H,12,13). The second-order valence-electron chi connectivity index (χ2n) is 4.11. The van der Waals surface area contributed by atoms with Crippen LogP contribution < -0.4 is 5.32 Å². The van der Waals surface area contributed by atoms with E-state index in [-0.39, 0.29) is 5.82 Å². The Morgan fingerprint density at radius 1 is 1.59 bits per heavy atom. The van der Waals surface area contributed by atoms with Gasteiger partial charge in [-0.05, 0) is 17.3 Å². The molecule has 7 heteroatoms. The molecule has 0 spiro atoms. The van der Waals surface area contributed by atoms with E-state index in [4.69, 9.17) is 4.74 Å². The Kier molecular flexibility index (Phi) is 5.41. The number of anilines is 1. The lowest BCUT2D eigenvalue weighted by molar-refractivity contribution is -0.388. The maximum absolute atomic E-state index is 10.6. The molecular weight excluding hydrogens is 224 g/mol. The molecule has 0 radical (unpaired) electrons. The molecule has 0 amide bonds. The first-order valence-corrected chi connectivity index (χ1v) is 5.60. The van der Waals surface area contributed by atoms with Crippen molar-refractivity contribution in [2.75, 3.05) is 25.1 Å². The first-order valence-electron chi connectivity index (χ1n) is 5.60. The molecule has 17 heavy (non-hydrogen) atoms. The van der Waals surface area contributed by atoms with Crippen LogP contribution in [0.15, 0.2) is 6.20 Å². The molecule has 0 aromatic carbocycles. The summed E-state index contributed by atoms with van der Waals surface area (Å²) in [5.41, 5.74) is 0.391. The van der Waals surface area contributed by atoms with Gasteiger partial charge in [-0.1, -0.05) is 18.9 Å². The Morgan fingerprint density at radius 2 is 2.35 bits per heavy atom. The van der Waals surface area contributed by atoms with Gasteiger partial charge in [0, 0.05) is 13.2 Å². The zero-order chi connectivity index (χ0) is 12.7. The smallest absolute Gasteiger partial charge is 0.366 e. The molecule has 1 aromatic heterocycles. The van der Waals surface area contributed by atoms with Gasteiger partial charge in [0.05, 0.1) is 6.61 Å². The number of hydrogen-bond acceptors (Lipinski definition) is 5. The van der Waals surface area contributed by atoms with E-state index >= 15 is 0 Å². The predicted molar refractivity (Wildman–Crippen MR) is 64.0 cm³/mol. The minimum Gasteiger partial charge on any atom is -0.380 e. The lowest BCUT2D eigenvalue weighted by atomic mass is 10.1. The second kappa shape index (κ2) is 6.85. The number of hydrogen-bond donors (Lipinski definition) is 2. The van der Waals surface area contributed by atoms with Gasteiger partial charge >= 0.3 is 5.82 Å². The molecule has 0 aliphatic heterocycles. The first-order chi connectivity index (χ1) is 8.11. The van der Waals surface area contributed by atoms with Gasteiger partial charge in [0.2, 0.25) is 0 Å². The quantitative estimate of drug-likeness (QED) is 0.412. The molecule has 0 saturated carbocycles. The van der Waals surface area contributed by atoms with Crippen LogP contribution in [0.5, 0.6) is 0 Å². The number of ether oxygens (including phenoxy) is 1. The van der Waals surface area contributed by atoms with Crippen molar-refractivity contribution in [3.8, 4) is 0 Å². The highest BCUT2D eigenvalue weighted by Crippen LogP contribution is 2.18. The van der Waals surface area contributed by atoms with Crippen LogP contribution in [0.3, 0.4) is 0 Å². The summed E-state index contributed by atoms with van der Waals surface area (Å²) in [5, 5.41) is 19.4. The number of aromatic amines is 1. The zero-order valence-electron chi connectivity index (χ0n) is 10.1. The Morgan fingerprint density at radius 3 is 3.00 bits per heavy atom. The fraction of sp³-hybridized carbons (Fsp3) is 0.700. The molecule has 0 fully saturated rings. The minimum absolute atomic E-state index is 0.118. The molecule has 1 aromatic rings. The summed E-state index contributed by atoms with van der Waals surface area (Å²) in [6.45, 7) is 6.03. The van der Waals surface area contributed by atoms with Crippen molar-refractivity contribution >= 4 is 11.5 Å². The molecule has 0 unspecified atom stereocenters. The maximum Gasteiger partial charge on any atom is 0.366 e. The third-order valence-corrected chi connectivity index (χ3v) is 2.20. The molecule has 0 saturated heterocycles. The lowest BCUT2D eigenvalue weighted by Crippen LogP contribution is -2.11. The van der Waals surface area contributed by atoms with Gasteiger partial charge < -0.3 is 20.2 Å². The van der Waals surface area contributed by atoms with E-state index in [9.17, 15) is 10.1 Å². The van der Waals surface area contributed by atoms with Crippen LogP contribution in [-0.2, 0) is 4.74 Å². The molecule has 0 aliphatic rings. The topological polar surface area (TPSA) is 93.1 Å². The first kappa shape index (κ1) is 13.4. The van der Waals surface area contributed by atoms with Crippen LogP contribution in [0, 0.1) is 16.0 Å². The van der Waals surface area contributed by atoms with E-state index in [0.717, 1.165) is 6.42 Å². The Balaban J connectivity index is 2.18. The van der Waals surface area contributed by atoms with E-state index in [1.54, 1.807) is 0 Å². The fourth-order valence-corrected chi connectivity index (χ4v) is 1.23. The van der Waals surface area contributed by atoms with Crippen molar-refractivity contribution in [1.29, 1.82) is 0 Å². The van der Waals surface area contributed by atoms with Crippen molar-refractivity contribution in [2.24, 2.45) is 5.92 Å². The lowest BCUT2D eigenvalue weighted by Gasteiger charge is -2.07. The van der Waals surface area contributed by atoms with Gasteiger partial charge in [-0.15, -0.1) is 5.10 Å². The summed E-state index contributed by atoms with van der Waals surface area (Å²) in [7, 11) is 0. The van der Waals surface area contributed by atoms with Crippen molar-refractivity contribution in [3.05, 3.63) is 16.3 Å². The monoisotopic (exact) mass is 242 g/mol. The third-order valence-electron chi connectivity index (χ3n) is 2.20. The van der Waals surface area contributed by atoms with Crippen LogP contribution >= 0.6 is 0 Å². The molecule has 2 N–H and O–H groups in total. The predicted octanol–water partition coefficient (Wildman–Crippen LogP) is 1.79. The van der Waals surface area contributed by atoms with Gasteiger partial charge in [0.15, 0.2) is 5.69 Å². The highest BCUT2D eigenvalue weighted by Gasteiger charge is 2.13. The summed E-state index contributed by atoms with van der Waals surface area (Å²) < 4.78 is 5.38. The number of nitrogens with zero attached hydrogens (tertiary/aromatic N) is 2. The van der Waals surface area contributed by atoms with E-state index in [1.807, 2.05) is 0 Å². The summed E-state index contributed by atoms with van der Waals surface area (Å²) in [6, 6.07) is 0. The third kappa shape index (κ3) is 4.81. The largest absolute Gasteiger partial charge is 0.380 e. The minimum atomic E-state index is -0.505. The fourth-order valence-electron chi connectivity index (χ4n) is 1.23. The zero-order valence-corrected chi connectivity index (χ0v) is 10.1. The van der Waals surface area contributed by atoms with E-state index in [1.165, 1.54) is 6.20 Å². The molecule has 96 valence electrons. The summed E-state index contributed by atoms with van der Waals surface area (Å²) in [6.07, 6.45) is 2.41. The number of H-pyrrole nitrogens is 1. The molecule has 0 aliphatic carbocycles. The molecule has 1 rings (SSSR count). The van der Waals surface area contributed by atoms with Gasteiger partial charge in [-0.2, -0.15) is 0 Å². The Labute approximate surface area is 99.7 Å². The Bertz CT molecular complexity index is 351. The van der Waals surface area contributed by atoms with Gasteiger partial charge in [-0.25, -0.2) is 0 Å². The molecule has 1 heterocycles.